The van der Waals surface area contributed by atoms with Gasteiger partial charge in [-0.3, -0.25) is 4.79 Å². The van der Waals surface area contributed by atoms with E-state index in [0.717, 1.165) is 48.8 Å². The van der Waals surface area contributed by atoms with Crippen molar-refractivity contribution in [2.45, 2.75) is 13.8 Å². The van der Waals surface area contributed by atoms with Crippen LogP contribution in [0.25, 0.3) is 11.1 Å². The molecule has 0 fully saturated rings. The third-order valence-electron chi connectivity index (χ3n) is 5.32. The Bertz CT molecular complexity index is 767. The van der Waals surface area contributed by atoms with Gasteiger partial charge < -0.3 is 19.3 Å². The van der Waals surface area contributed by atoms with Crippen LogP contribution in [0.1, 0.15) is 29.8 Å². The highest BCUT2D eigenvalue weighted by Crippen LogP contribution is 2.39. The van der Waals surface area contributed by atoms with Crippen LogP contribution in [0.15, 0.2) is 36.4 Å². The molecule has 28 heavy (non-hydrogen) atoms. The van der Waals surface area contributed by atoms with Crippen molar-refractivity contribution in [2.24, 2.45) is 0 Å². The van der Waals surface area contributed by atoms with Crippen molar-refractivity contribution >= 4 is 5.78 Å². The van der Waals surface area contributed by atoms with Gasteiger partial charge in [-0.1, -0.05) is 13.8 Å². The monoisotopic (exact) mass is 382 g/mol. The Morgan fingerprint density at radius 1 is 0.714 bits per heavy atom. The molecule has 0 heterocycles. The van der Waals surface area contributed by atoms with E-state index in [1.807, 2.05) is 36.4 Å². The van der Waals surface area contributed by atoms with Gasteiger partial charge in [0, 0.05) is 24.2 Å². The van der Waals surface area contributed by atoms with Crippen molar-refractivity contribution in [1.82, 2.24) is 9.80 Å². The zero-order valence-corrected chi connectivity index (χ0v) is 17.3. The molecule has 0 radical (unpaired) electrons. The highest BCUT2D eigenvalue weighted by atomic mass is 16.5. The van der Waals surface area contributed by atoms with E-state index >= 15 is 0 Å². The lowest BCUT2D eigenvalue weighted by atomic mass is 10.1. The van der Waals surface area contributed by atoms with Gasteiger partial charge in [-0.2, -0.15) is 0 Å². The summed E-state index contributed by atoms with van der Waals surface area (Å²) < 4.78 is 11.7. The van der Waals surface area contributed by atoms with Gasteiger partial charge in [-0.15, -0.1) is 0 Å². The fourth-order valence-electron chi connectivity index (χ4n) is 3.17. The maximum Gasteiger partial charge on any atom is 0.194 e. The minimum absolute atomic E-state index is 0.0391. The van der Waals surface area contributed by atoms with E-state index in [-0.39, 0.29) is 5.78 Å². The summed E-state index contributed by atoms with van der Waals surface area (Å²) in [6.07, 6.45) is 0. The Balaban J connectivity index is 1.69. The molecule has 1 aliphatic rings. The predicted octanol–water partition coefficient (Wildman–Crippen LogP) is 3.56. The summed E-state index contributed by atoms with van der Waals surface area (Å²) >= 11 is 0. The van der Waals surface area contributed by atoms with Gasteiger partial charge in [0.1, 0.15) is 24.7 Å². The molecule has 0 amide bonds. The average Bonchev–Trinajstić information content (AvgIpc) is 2.99. The summed E-state index contributed by atoms with van der Waals surface area (Å²) in [5.41, 5.74) is 3.35. The SMILES string of the molecule is CCN(C)CCOc1ccc2c(c1)C(=O)c1cc(OCCN(C)CC)ccc1-2. The van der Waals surface area contributed by atoms with E-state index in [2.05, 4.69) is 37.7 Å². The first kappa shape index (κ1) is 20.4. The Morgan fingerprint density at radius 2 is 1.14 bits per heavy atom. The first-order chi connectivity index (χ1) is 13.5. The number of carbonyl (C=O) groups is 1. The Hall–Kier alpha value is -2.37. The first-order valence-electron chi connectivity index (χ1n) is 9.99. The fourth-order valence-corrected chi connectivity index (χ4v) is 3.17. The van der Waals surface area contributed by atoms with Gasteiger partial charge >= 0.3 is 0 Å². The summed E-state index contributed by atoms with van der Waals surface area (Å²) in [6, 6.07) is 11.6. The van der Waals surface area contributed by atoms with Gasteiger partial charge in [0.05, 0.1) is 0 Å². The Morgan fingerprint density at radius 3 is 1.54 bits per heavy atom. The lowest BCUT2D eigenvalue weighted by Gasteiger charge is -2.14. The number of ether oxygens (including phenoxy) is 2. The van der Waals surface area contributed by atoms with Crippen LogP contribution in [0.4, 0.5) is 0 Å². The molecule has 2 aromatic carbocycles. The maximum atomic E-state index is 12.9. The molecule has 0 saturated heterocycles. The van der Waals surface area contributed by atoms with Crippen molar-refractivity contribution in [3.05, 3.63) is 47.5 Å². The smallest absolute Gasteiger partial charge is 0.194 e. The van der Waals surface area contributed by atoms with Crippen LogP contribution in [-0.2, 0) is 0 Å². The molecule has 3 rings (SSSR count). The van der Waals surface area contributed by atoms with Crippen LogP contribution in [0.3, 0.4) is 0 Å². The molecule has 0 aliphatic heterocycles. The zero-order chi connectivity index (χ0) is 20.1. The van der Waals surface area contributed by atoms with E-state index in [1.165, 1.54) is 0 Å². The summed E-state index contributed by atoms with van der Waals surface area (Å²) in [4.78, 5) is 17.3. The molecule has 0 atom stereocenters. The minimum Gasteiger partial charge on any atom is -0.492 e. The van der Waals surface area contributed by atoms with Crippen LogP contribution in [0.2, 0.25) is 0 Å². The average molecular weight is 383 g/mol. The minimum atomic E-state index is 0.0391. The zero-order valence-electron chi connectivity index (χ0n) is 17.3. The lowest BCUT2D eigenvalue weighted by Crippen LogP contribution is -2.23. The molecule has 0 spiro atoms. The lowest BCUT2D eigenvalue weighted by molar-refractivity contribution is 0.104. The van der Waals surface area contributed by atoms with E-state index in [0.29, 0.717) is 24.3 Å². The summed E-state index contributed by atoms with van der Waals surface area (Å²) in [5, 5.41) is 0. The highest BCUT2D eigenvalue weighted by Gasteiger charge is 2.27. The number of ketones is 1. The van der Waals surface area contributed by atoms with Crippen LogP contribution in [-0.4, -0.2) is 69.1 Å². The van der Waals surface area contributed by atoms with E-state index in [1.54, 1.807) is 0 Å². The molecule has 0 bridgehead atoms. The molecule has 0 aromatic heterocycles. The van der Waals surface area contributed by atoms with E-state index in [4.69, 9.17) is 9.47 Å². The predicted molar refractivity (Wildman–Crippen MR) is 113 cm³/mol. The Labute approximate surface area is 167 Å². The number of benzene rings is 2. The van der Waals surface area contributed by atoms with Crippen LogP contribution >= 0.6 is 0 Å². The number of nitrogens with zero attached hydrogens (tertiary/aromatic N) is 2. The topological polar surface area (TPSA) is 42.0 Å². The van der Waals surface area contributed by atoms with Crippen molar-refractivity contribution in [2.75, 3.05) is 53.5 Å². The summed E-state index contributed by atoms with van der Waals surface area (Å²) in [6.45, 7) is 9.13. The molecule has 0 unspecified atom stereocenters. The van der Waals surface area contributed by atoms with Crippen molar-refractivity contribution < 1.29 is 14.3 Å². The quantitative estimate of drug-likeness (QED) is 0.536. The van der Waals surface area contributed by atoms with Gasteiger partial charge in [0.25, 0.3) is 0 Å². The second-order valence-corrected chi connectivity index (χ2v) is 7.23. The number of fused-ring (bicyclic) bond motifs is 3. The number of hydrogen-bond acceptors (Lipinski definition) is 5. The van der Waals surface area contributed by atoms with Crippen molar-refractivity contribution in [1.29, 1.82) is 0 Å². The van der Waals surface area contributed by atoms with Gasteiger partial charge in [-0.05, 0) is 74.7 Å². The molecule has 150 valence electrons. The summed E-state index contributed by atoms with van der Waals surface area (Å²) in [7, 11) is 4.12. The van der Waals surface area contributed by atoms with Gasteiger partial charge in [0.2, 0.25) is 0 Å². The largest absolute Gasteiger partial charge is 0.492 e. The number of rotatable bonds is 10. The van der Waals surface area contributed by atoms with Crippen molar-refractivity contribution in [3.8, 4) is 22.6 Å². The third-order valence-corrected chi connectivity index (χ3v) is 5.32. The van der Waals surface area contributed by atoms with Crippen molar-refractivity contribution in [3.63, 3.8) is 0 Å². The molecule has 5 heteroatoms. The van der Waals surface area contributed by atoms with Crippen LogP contribution in [0.5, 0.6) is 11.5 Å². The molecule has 0 saturated carbocycles. The van der Waals surface area contributed by atoms with Crippen LogP contribution < -0.4 is 9.47 Å². The Kier molecular flexibility index (Phi) is 6.70. The normalized spacial score (nSPS) is 12.4. The number of hydrogen-bond donors (Lipinski definition) is 0. The summed E-state index contributed by atoms with van der Waals surface area (Å²) in [5.74, 6) is 1.52. The van der Waals surface area contributed by atoms with E-state index in [9.17, 15) is 4.79 Å². The second-order valence-electron chi connectivity index (χ2n) is 7.23. The third kappa shape index (κ3) is 4.54. The van der Waals surface area contributed by atoms with Gasteiger partial charge in [0.15, 0.2) is 5.78 Å². The van der Waals surface area contributed by atoms with Crippen LogP contribution in [0, 0.1) is 0 Å². The standard InChI is InChI=1S/C23H30N2O3/c1-5-24(3)11-13-27-17-7-9-19-20-10-8-18(28-14-12-25(4)6-2)16-22(20)23(26)21(19)15-17/h7-10,15-16H,5-6,11-14H2,1-4H3. The molecule has 2 aromatic rings. The highest BCUT2D eigenvalue weighted by molar-refractivity contribution is 6.22. The maximum absolute atomic E-state index is 12.9. The van der Waals surface area contributed by atoms with Gasteiger partial charge in [-0.25, -0.2) is 0 Å². The first-order valence-corrected chi connectivity index (χ1v) is 9.99. The molecule has 1 aliphatic carbocycles. The number of carbonyl (C=O) groups excluding carboxylic acids is 1. The number of likely N-dealkylation sites (N-methyl/N-ethyl adjacent to an activating group) is 2. The fraction of sp³-hybridized carbons (Fsp3) is 0.435. The second kappa shape index (κ2) is 9.22. The molecular formula is C23H30N2O3. The molecule has 5 nitrogen and oxygen atoms in total. The molecular weight excluding hydrogens is 352 g/mol. The van der Waals surface area contributed by atoms with E-state index < -0.39 is 0 Å². The molecule has 0 N–H and O–H groups in total.